The Morgan fingerprint density at radius 2 is 0.846 bits per heavy atom. The first-order valence-corrected chi connectivity index (χ1v) is 24.5. The van der Waals surface area contributed by atoms with Crippen molar-refractivity contribution in [2.45, 2.75) is 0 Å². The largest absolute Gasteiger partial charge is 0.468 e. The van der Waals surface area contributed by atoms with E-state index in [0.29, 0.717) is 0 Å². The van der Waals surface area contributed by atoms with Gasteiger partial charge < -0.3 is 14.2 Å². The van der Waals surface area contributed by atoms with Gasteiger partial charge in [-0.2, -0.15) is 0 Å². The highest BCUT2D eigenvalue weighted by Crippen LogP contribution is 2.55. The lowest BCUT2D eigenvalue weighted by atomic mass is 9.35. The molecule has 0 radical (unpaired) electrons. The quantitative estimate of drug-likeness (QED) is 0.164. The van der Waals surface area contributed by atoms with Crippen LogP contribution in [-0.2, 0) is 0 Å². The summed E-state index contributed by atoms with van der Waals surface area (Å²) in [5, 5.41) is 8.77. The molecule has 0 N–H and O–H groups in total. The number of furan rings is 1. The molecule has 0 aliphatic carbocycles. The van der Waals surface area contributed by atoms with Crippen LogP contribution in [-0.4, -0.2) is 6.71 Å². The summed E-state index contributed by atoms with van der Waals surface area (Å²) in [7, 11) is 0. The van der Waals surface area contributed by atoms with Gasteiger partial charge in [0.25, 0.3) is 6.71 Å². The van der Waals surface area contributed by atoms with Crippen LogP contribution in [0.3, 0.4) is 0 Å². The molecule has 13 aromatic rings. The van der Waals surface area contributed by atoms with E-state index in [4.69, 9.17) is 4.42 Å². The van der Waals surface area contributed by atoms with Gasteiger partial charge in [0, 0.05) is 72.9 Å². The molecule has 302 valence electrons. The fourth-order valence-corrected chi connectivity index (χ4v) is 14.8. The average molecular weight is 881 g/mol. The molecule has 2 aliphatic heterocycles. The van der Waals surface area contributed by atoms with Gasteiger partial charge in [0.1, 0.15) is 5.58 Å². The number of hydrogen-bond donors (Lipinski definition) is 0. The zero-order valence-electron chi connectivity index (χ0n) is 34.7. The third-order valence-electron chi connectivity index (χ3n) is 13.7. The van der Waals surface area contributed by atoms with Gasteiger partial charge in [-0.15, -0.1) is 34.0 Å². The molecular formula is C58H33BN2OS3. The lowest BCUT2D eigenvalue weighted by Crippen LogP contribution is -2.60. The van der Waals surface area contributed by atoms with E-state index in [1.807, 2.05) is 34.0 Å². The Labute approximate surface area is 386 Å². The third kappa shape index (κ3) is 4.95. The first-order chi connectivity index (χ1) is 32.3. The van der Waals surface area contributed by atoms with Crippen molar-refractivity contribution in [2.24, 2.45) is 0 Å². The molecule has 0 bridgehead atoms. The summed E-state index contributed by atoms with van der Waals surface area (Å²) in [6.07, 6.45) is 0. The molecule has 65 heavy (non-hydrogen) atoms. The summed E-state index contributed by atoms with van der Waals surface area (Å²) in [5.41, 5.74) is 15.1. The topological polar surface area (TPSA) is 19.6 Å². The van der Waals surface area contributed by atoms with Gasteiger partial charge in [-0.3, -0.25) is 0 Å². The predicted octanol–water partition coefficient (Wildman–Crippen LogP) is 15.8. The van der Waals surface area contributed by atoms with Crippen molar-refractivity contribution in [1.82, 2.24) is 0 Å². The van der Waals surface area contributed by atoms with Gasteiger partial charge in [-0.25, -0.2) is 0 Å². The summed E-state index contributed by atoms with van der Waals surface area (Å²) in [5.74, 6) is 0. The SMILES string of the molecule is c1ccc(-c2c(N3c4cccc5c4B(c4oc6ccccc6c4N5c4ccc5c(sc6ccccc65)c4-c4ccccc4)c4c3sc3ccccc43)ccc3c2sc2ccccc23)cc1. The standard InChI is InChI=1S/C58H33BN2OS3/c1-3-16-34(17-4-1)50-42(32-30-38-36-20-8-12-27-47(36)63-55(38)50)60-44-24-15-25-45-53(44)59(57-54(60)40-22-7-11-26-46(40)62-57)52-41-23-10-14-29-49(41)65-58(52)61(45)43-33-31-39-37-21-9-13-28-48(37)64-56(39)51(43)35-18-5-2-6-19-35/h1-33H. The number of thiophene rings is 3. The van der Waals surface area contributed by atoms with Crippen LogP contribution in [0.1, 0.15) is 0 Å². The Hall–Kier alpha value is -7.42. The number of fused-ring (bicyclic) bond motifs is 14. The number of anilines is 6. The minimum Gasteiger partial charge on any atom is -0.468 e. The lowest BCUT2D eigenvalue weighted by molar-refractivity contribution is 0.651. The summed E-state index contributed by atoms with van der Waals surface area (Å²) in [6.45, 7) is -0.149. The Balaban J connectivity index is 1.08. The van der Waals surface area contributed by atoms with E-state index < -0.39 is 0 Å². The summed E-state index contributed by atoms with van der Waals surface area (Å²) >= 11 is 5.67. The van der Waals surface area contributed by atoms with Crippen molar-refractivity contribution in [3.8, 4) is 22.3 Å². The lowest BCUT2D eigenvalue weighted by Gasteiger charge is -2.42. The Morgan fingerprint density at radius 1 is 0.354 bits per heavy atom. The molecule has 0 fully saturated rings. The number of para-hydroxylation sites is 1. The second kappa shape index (κ2) is 13.6. The van der Waals surface area contributed by atoms with Gasteiger partial charge in [0.15, 0.2) is 0 Å². The van der Waals surface area contributed by atoms with Crippen LogP contribution in [0.15, 0.2) is 205 Å². The average Bonchev–Trinajstić information content (AvgIpc) is 4.14. The fraction of sp³-hybridized carbons (Fsp3) is 0. The van der Waals surface area contributed by atoms with Crippen molar-refractivity contribution in [1.29, 1.82) is 0 Å². The normalized spacial score (nSPS) is 13.1. The van der Waals surface area contributed by atoms with Gasteiger partial charge in [-0.1, -0.05) is 146 Å². The molecule has 0 unspecified atom stereocenters. The molecule has 0 amide bonds. The smallest absolute Gasteiger partial charge is 0.298 e. The molecule has 7 heteroatoms. The zero-order chi connectivity index (χ0) is 42.3. The molecule has 9 aromatic carbocycles. The minimum absolute atomic E-state index is 0.149. The van der Waals surface area contributed by atoms with Crippen LogP contribution in [0.4, 0.5) is 33.4 Å². The van der Waals surface area contributed by atoms with E-state index in [1.165, 1.54) is 106 Å². The Morgan fingerprint density at radius 3 is 1.46 bits per heavy atom. The van der Waals surface area contributed by atoms with E-state index >= 15 is 0 Å². The maximum atomic E-state index is 7.32. The van der Waals surface area contributed by atoms with Crippen molar-refractivity contribution in [3.63, 3.8) is 0 Å². The van der Waals surface area contributed by atoms with Crippen LogP contribution in [0.2, 0.25) is 0 Å². The van der Waals surface area contributed by atoms with E-state index in [0.717, 1.165) is 28.0 Å². The van der Waals surface area contributed by atoms with E-state index in [1.54, 1.807) is 0 Å². The molecular weight excluding hydrogens is 848 g/mol. The Kier molecular flexibility index (Phi) is 7.50. The highest BCUT2D eigenvalue weighted by Gasteiger charge is 2.49. The zero-order valence-corrected chi connectivity index (χ0v) is 37.1. The maximum Gasteiger partial charge on any atom is 0.298 e. The van der Waals surface area contributed by atoms with E-state index in [9.17, 15) is 0 Å². The summed E-state index contributed by atoms with van der Waals surface area (Å²) in [4.78, 5) is 5.15. The highest BCUT2D eigenvalue weighted by atomic mass is 32.1. The molecule has 4 aromatic heterocycles. The molecule has 0 saturated heterocycles. The minimum atomic E-state index is -0.149. The molecule has 0 spiro atoms. The monoisotopic (exact) mass is 880 g/mol. The van der Waals surface area contributed by atoms with Crippen molar-refractivity contribution < 1.29 is 4.42 Å². The summed E-state index contributed by atoms with van der Waals surface area (Å²) in [6, 6.07) is 73.7. The van der Waals surface area contributed by atoms with Crippen LogP contribution in [0, 0.1) is 0 Å². The molecule has 15 rings (SSSR count). The number of benzene rings is 9. The summed E-state index contributed by atoms with van der Waals surface area (Å²) < 4.78 is 13.8. The number of rotatable bonds is 4. The first-order valence-electron chi connectivity index (χ1n) is 22.0. The van der Waals surface area contributed by atoms with E-state index in [-0.39, 0.29) is 6.71 Å². The van der Waals surface area contributed by atoms with Crippen molar-refractivity contribution in [2.75, 3.05) is 9.80 Å². The first kappa shape index (κ1) is 36.0. The maximum absolute atomic E-state index is 7.32. The van der Waals surface area contributed by atoms with Crippen LogP contribution in [0.25, 0.3) is 83.7 Å². The van der Waals surface area contributed by atoms with E-state index in [2.05, 4.69) is 210 Å². The number of nitrogens with zero attached hydrogens (tertiary/aromatic N) is 2. The molecule has 0 saturated carbocycles. The Bertz CT molecular complexity index is 4110. The highest BCUT2D eigenvalue weighted by molar-refractivity contribution is 7.27. The second-order valence-corrected chi connectivity index (χ2v) is 20.2. The van der Waals surface area contributed by atoms with Crippen LogP contribution < -0.4 is 26.4 Å². The molecule has 2 aliphatic rings. The van der Waals surface area contributed by atoms with Gasteiger partial charge in [-0.05, 0) is 82.0 Å². The van der Waals surface area contributed by atoms with Crippen molar-refractivity contribution in [3.05, 3.63) is 200 Å². The molecule has 3 nitrogen and oxygen atoms in total. The predicted molar refractivity (Wildman–Crippen MR) is 282 cm³/mol. The van der Waals surface area contributed by atoms with Crippen LogP contribution in [0.5, 0.6) is 0 Å². The van der Waals surface area contributed by atoms with Crippen molar-refractivity contribution >= 4 is 152 Å². The van der Waals surface area contributed by atoms with Gasteiger partial charge >= 0.3 is 0 Å². The number of hydrogen-bond acceptors (Lipinski definition) is 6. The molecule has 6 heterocycles. The third-order valence-corrected chi connectivity index (χ3v) is 17.3. The fourth-order valence-electron chi connectivity index (χ4n) is 11.0. The second-order valence-electron chi connectivity index (χ2n) is 17.0. The van der Waals surface area contributed by atoms with Gasteiger partial charge in [0.2, 0.25) is 0 Å². The van der Waals surface area contributed by atoms with Crippen LogP contribution >= 0.6 is 34.0 Å². The van der Waals surface area contributed by atoms with Gasteiger partial charge in [0.05, 0.1) is 27.7 Å². The molecule has 0 atom stereocenters.